The lowest BCUT2D eigenvalue weighted by molar-refractivity contribution is -0.167. The largest absolute Gasteiger partial charge is 0.462 e. The van der Waals surface area contributed by atoms with E-state index in [0.29, 0.717) is 19.3 Å². The van der Waals surface area contributed by atoms with Crippen LogP contribution in [-0.2, 0) is 28.6 Å². The van der Waals surface area contributed by atoms with E-state index in [1.807, 2.05) is 18.2 Å². The molecule has 0 fully saturated rings. The van der Waals surface area contributed by atoms with Gasteiger partial charge in [-0.25, -0.2) is 0 Å². The normalized spacial score (nSPS) is 12.7. The standard InChI is InChI=1S/C58H98O6/c1-4-7-10-13-16-19-22-25-28-31-33-36-39-42-45-48-51-57(60)63-54-55(64-58(61)52-49-46-43-40-37-34-30-27-24-21-18-15-12-9-6-3)53-62-56(59)50-47-44-41-38-35-32-29-26-23-20-17-14-11-8-5-2/h8-9,11-12,14-15,17-18,20-21,23-24,27,30,55H,4-7,10,13,16,19,22,25-26,28-29,31-54H2,1-3H3/b11-8-,12-9-,17-14-,18-15-,23-20-,24-21-,30-27-. The first-order chi connectivity index (χ1) is 31.5. The Kier molecular flexibility index (Phi) is 49.4. The fourth-order valence-electron chi connectivity index (χ4n) is 7.34. The predicted octanol–water partition coefficient (Wildman–Crippen LogP) is 17.6. The predicted molar refractivity (Wildman–Crippen MR) is 274 cm³/mol. The topological polar surface area (TPSA) is 78.9 Å². The Morgan fingerprint density at radius 1 is 0.328 bits per heavy atom. The second kappa shape index (κ2) is 52.2. The number of hydrogen-bond acceptors (Lipinski definition) is 6. The van der Waals surface area contributed by atoms with Crippen molar-refractivity contribution in [3.63, 3.8) is 0 Å². The molecule has 0 rings (SSSR count). The fraction of sp³-hybridized carbons (Fsp3) is 0.707. The molecule has 0 amide bonds. The Morgan fingerprint density at radius 2 is 0.609 bits per heavy atom. The third-order valence-corrected chi connectivity index (χ3v) is 11.3. The van der Waals surface area contributed by atoms with E-state index in [1.165, 1.54) is 109 Å². The van der Waals surface area contributed by atoms with Crippen LogP contribution in [0.25, 0.3) is 0 Å². The van der Waals surface area contributed by atoms with Gasteiger partial charge in [0, 0.05) is 19.3 Å². The number of ether oxygens (including phenoxy) is 3. The Labute approximate surface area is 395 Å². The van der Waals surface area contributed by atoms with E-state index < -0.39 is 6.10 Å². The number of hydrogen-bond donors (Lipinski definition) is 0. The van der Waals surface area contributed by atoms with E-state index in [4.69, 9.17) is 14.2 Å². The van der Waals surface area contributed by atoms with Gasteiger partial charge in [0.05, 0.1) is 0 Å². The summed E-state index contributed by atoms with van der Waals surface area (Å²) in [5.41, 5.74) is 0. The van der Waals surface area contributed by atoms with Crippen LogP contribution in [0.1, 0.15) is 245 Å². The number of esters is 3. The maximum Gasteiger partial charge on any atom is 0.306 e. The number of unbranched alkanes of at least 4 members (excludes halogenated alkanes) is 27. The van der Waals surface area contributed by atoms with Crippen LogP contribution in [0, 0.1) is 0 Å². The van der Waals surface area contributed by atoms with E-state index in [0.717, 1.165) is 96.3 Å². The smallest absolute Gasteiger partial charge is 0.306 e. The van der Waals surface area contributed by atoms with Crippen molar-refractivity contribution in [2.24, 2.45) is 0 Å². The van der Waals surface area contributed by atoms with Crippen molar-refractivity contribution < 1.29 is 28.6 Å². The highest BCUT2D eigenvalue weighted by molar-refractivity contribution is 5.71. The summed E-state index contributed by atoms with van der Waals surface area (Å²) >= 11 is 0. The van der Waals surface area contributed by atoms with Crippen molar-refractivity contribution in [2.45, 2.75) is 252 Å². The SMILES string of the molecule is CC\C=C/C=C\C=C/C=C\CCCCCCCC(=O)OC(COC(=O)CCCCCCCCC\C=C/C=C\C=C/CC)COC(=O)CCCCCCCCCCCCCCCCCC. The van der Waals surface area contributed by atoms with Crippen molar-refractivity contribution in [2.75, 3.05) is 13.2 Å². The van der Waals surface area contributed by atoms with Crippen molar-refractivity contribution in [3.05, 3.63) is 85.1 Å². The van der Waals surface area contributed by atoms with Gasteiger partial charge >= 0.3 is 17.9 Å². The summed E-state index contributed by atoms with van der Waals surface area (Å²) in [6, 6.07) is 0. The molecule has 0 aliphatic rings. The van der Waals surface area contributed by atoms with Gasteiger partial charge in [-0.2, -0.15) is 0 Å². The Morgan fingerprint density at radius 3 is 0.953 bits per heavy atom. The quantitative estimate of drug-likeness (QED) is 0.0262. The molecule has 0 aromatic heterocycles. The van der Waals surface area contributed by atoms with E-state index in [9.17, 15) is 14.4 Å². The van der Waals surface area contributed by atoms with Crippen LogP contribution >= 0.6 is 0 Å². The average Bonchev–Trinajstić information content (AvgIpc) is 3.29. The zero-order valence-corrected chi connectivity index (χ0v) is 41.8. The molecular formula is C58H98O6. The van der Waals surface area contributed by atoms with Crippen LogP contribution in [0.4, 0.5) is 0 Å². The second-order valence-corrected chi connectivity index (χ2v) is 17.5. The van der Waals surface area contributed by atoms with Gasteiger partial charge in [-0.05, 0) is 57.8 Å². The molecule has 0 N–H and O–H groups in total. The lowest BCUT2D eigenvalue weighted by atomic mass is 10.0. The lowest BCUT2D eigenvalue weighted by Gasteiger charge is -2.18. The van der Waals surface area contributed by atoms with Crippen molar-refractivity contribution >= 4 is 17.9 Å². The molecule has 6 nitrogen and oxygen atoms in total. The summed E-state index contributed by atoms with van der Waals surface area (Å²) in [6.45, 7) is 6.35. The number of allylic oxidation sites excluding steroid dienone is 14. The first-order valence-electron chi connectivity index (χ1n) is 26.7. The zero-order chi connectivity index (χ0) is 46.5. The fourth-order valence-corrected chi connectivity index (χ4v) is 7.34. The summed E-state index contributed by atoms with van der Waals surface area (Å²) in [4.78, 5) is 38.0. The highest BCUT2D eigenvalue weighted by atomic mass is 16.6. The molecule has 0 radical (unpaired) electrons. The number of carbonyl (C=O) groups excluding carboxylic acids is 3. The van der Waals surface area contributed by atoms with Gasteiger partial charge in [0.1, 0.15) is 13.2 Å². The van der Waals surface area contributed by atoms with Gasteiger partial charge in [-0.15, -0.1) is 0 Å². The van der Waals surface area contributed by atoms with Crippen LogP contribution in [0.5, 0.6) is 0 Å². The molecule has 1 atom stereocenters. The Bertz CT molecular complexity index is 1250. The lowest BCUT2D eigenvalue weighted by Crippen LogP contribution is -2.30. The molecule has 0 aromatic rings. The molecular weight excluding hydrogens is 793 g/mol. The van der Waals surface area contributed by atoms with E-state index in [2.05, 4.69) is 87.6 Å². The van der Waals surface area contributed by atoms with Crippen LogP contribution in [0.2, 0.25) is 0 Å². The van der Waals surface area contributed by atoms with Crippen LogP contribution in [0.15, 0.2) is 85.1 Å². The average molecular weight is 891 g/mol. The third-order valence-electron chi connectivity index (χ3n) is 11.3. The molecule has 0 bridgehead atoms. The van der Waals surface area contributed by atoms with E-state index >= 15 is 0 Å². The first-order valence-corrected chi connectivity index (χ1v) is 26.7. The molecule has 0 aliphatic heterocycles. The van der Waals surface area contributed by atoms with Gasteiger partial charge in [-0.1, -0.05) is 254 Å². The minimum Gasteiger partial charge on any atom is -0.462 e. The van der Waals surface area contributed by atoms with Gasteiger partial charge in [0.2, 0.25) is 0 Å². The Balaban J connectivity index is 4.43. The molecule has 0 aromatic carbocycles. The van der Waals surface area contributed by atoms with Crippen molar-refractivity contribution in [1.82, 2.24) is 0 Å². The molecule has 1 unspecified atom stereocenters. The van der Waals surface area contributed by atoms with Crippen LogP contribution in [0.3, 0.4) is 0 Å². The molecule has 0 saturated heterocycles. The minimum absolute atomic E-state index is 0.0889. The van der Waals surface area contributed by atoms with Crippen LogP contribution < -0.4 is 0 Å². The molecule has 0 spiro atoms. The summed E-state index contributed by atoms with van der Waals surface area (Å²) < 4.78 is 16.8. The van der Waals surface area contributed by atoms with Gasteiger partial charge in [0.25, 0.3) is 0 Å². The monoisotopic (exact) mass is 891 g/mol. The van der Waals surface area contributed by atoms with E-state index in [-0.39, 0.29) is 31.1 Å². The third kappa shape index (κ3) is 49.6. The van der Waals surface area contributed by atoms with Crippen LogP contribution in [-0.4, -0.2) is 37.2 Å². The summed E-state index contributed by atoms with van der Waals surface area (Å²) in [7, 11) is 0. The maximum absolute atomic E-state index is 12.8. The highest BCUT2D eigenvalue weighted by Crippen LogP contribution is 2.16. The Hall–Kier alpha value is -3.41. The van der Waals surface area contributed by atoms with Gasteiger partial charge < -0.3 is 14.2 Å². The first kappa shape index (κ1) is 60.6. The zero-order valence-electron chi connectivity index (χ0n) is 41.8. The molecule has 64 heavy (non-hydrogen) atoms. The van der Waals surface area contributed by atoms with Gasteiger partial charge in [-0.3, -0.25) is 14.4 Å². The molecule has 0 heterocycles. The van der Waals surface area contributed by atoms with Crippen molar-refractivity contribution in [3.8, 4) is 0 Å². The molecule has 6 heteroatoms. The minimum atomic E-state index is -0.793. The molecule has 0 aliphatic carbocycles. The summed E-state index contributed by atoms with van der Waals surface area (Å²) in [5, 5.41) is 0. The van der Waals surface area contributed by atoms with Crippen molar-refractivity contribution in [1.29, 1.82) is 0 Å². The van der Waals surface area contributed by atoms with Gasteiger partial charge in [0.15, 0.2) is 6.10 Å². The molecule has 366 valence electrons. The molecule has 0 saturated carbocycles. The maximum atomic E-state index is 12.8. The number of rotatable bonds is 47. The second-order valence-electron chi connectivity index (χ2n) is 17.5. The highest BCUT2D eigenvalue weighted by Gasteiger charge is 2.19. The summed E-state index contributed by atoms with van der Waals surface area (Å²) in [5.74, 6) is -0.921. The number of carbonyl (C=O) groups is 3. The van der Waals surface area contributed by atoms with E-state index in [1.54, 1.807) is 0 Å². The summed E-state index contributed by atoms with van der Waals surface area (Å²) in [6.07, 6.45) is 67.1.